The Morgan fingerprint density at radius 2 is 2.07 bits per heavy atom. The smallest absolute Gasteiger partial charge is 0.234 e. The summed E-state index contributed by atoms with van der Waals surface area (Å²) in [5.74, 6) is 0.378. The van der Waals surface area contributed by atoms with Crippen LogP contribution in [0.4, 0.5) is 10.1 Å². The fraction of sp³-hybridized carbons (Fsp3) is 0.0952. The van der Waals surface area contributed by atoms with E-state index in [1.807, 2.05) is 18.2 Å². The molecule has 0 aliphatic carbocycles. The molecule has 4 rings (SSSR count). The number of methoxy groups -OCH3 is 1. The first-order valence-corrected chi connectivity index (χ1v) is 9.77. The molecule has 2 aromatic carbocycles. The molecular weight excluding hydrogens is 391 g/mol. The van der Waals surface area contributed by atoms with Crippen LogP contribution >= 0.6 is 11.8 Å². The average Bonchev–Trinajstić information content (AvgIpc) is 3.17. The third-order valence-electron chi connectivity index (χ3n) is 4.26. The lowest BCUT2D eigenvalue weighted by Gasteiger charge is -2.07. The van der Waals surface area contributed by atoms with Gasteiger partial charge in [0.25, 0.3) is 0 Å². The predicted molar refractivity (Wildman–Crippen MR) is 112 cm³/mol. The van der Waals surface area contributed by atoms with Crippen molar-refractivity contribution in [3.63, 3.8) is 0 Å². The number of hydrogen-bond acceptors (Lipinski definition) is 5. The zero-order chi connectivity index (χ0) is 20.2. The minimum Gasteiger partial charge on any atom is -0.497 e. The van der Waals surface area contributed by atoms with E-state index < -0.39 is 0 Å². The Kier molecular flexibility index (Phi) is 5.44. The Morgan fingerprint density at radius 1 is 1.21 bits per heavy atom. The summed E-state index contributed by atoms with van der Waals surface area (Å²) in [5, 5.41) is 3.49. The monoisotopic (exact) mass is 408 g/mol. The second kappa shape index (κ2) is 8.32. The van der Waals surface area contributed by atoms with Crippen LogP contribution in [-0.2, 0) is 4.79 Å². The Bertz CT molecular complexity index is 1180. The van der Waals surface area contributed by atoms with Crippen LogP contribution in [0.15, 0.2) is 66.1 Å². The first-order chi connectivity index (χ1) is 14.1. The van der Waals surface area contributed by atoms with Crippen LogP contribution in [0.2, 0.25) is 0 Å². The summed E-state index contributed by atoms with van der Waals surface area (Å²) in [6.45, 7) is 0. The van der Waals surface area contributed by atoms with Gasteiger partial charge >= 0.3 is 0 Å². The lowest BCUT2D eigenvalue weighted by molar-refractivity contribution is -0.113. The number of rotatable bonds is 6. The summed E-state index contributed by atoms with van der Waals surface area (Å²) < 4.78 is 18.7. The first kappa shape index (κ1) is 18.9. The van der Waals surface area contributed by atoms with Gasteiger partial charge in [0.1, 0.15) is 28.4 Å². The van der Waals surface area contributed by atoms with E-state index in [1.165, 1.54) is 30.2 Å². The molecule has 2 heterocycles. The van der Waals surface area contributed by atoms with Gasteiger partial charge in [-0.05, 0) is 29.8 Å². The highest BCUT2D eigenvalue weighted by Gasteiger charge is 2.14. The van der Waals surface area contributed by atoms with Crippen molar-refractivity contribution in [2.45, 2.75) is 5.03 Å². The van der Waals surface area contributed by atoms with Crippen molar-refractivity contribution in [1.82, 2.24) is 15.0 Å². The number of amides is 1. The van der Waals surface area contributed by atoms with Gasteiger partial charge in [-0.1, -0.05) is 30.0 Å². The van der Waals surface area contributed by atoms with E-state index in [2.05, 4.69) is 20.3 Å². The van der Waals surface area contributed by atoms with Crippen LogP contribution in [0, 0.1) is 5.82 Å². The molecule has 0 fully saturated rings. The summed E-state index contributed by atoms with van der Waals surface area (Å²) in [7, 11) is 1.57. The highest BCUT2D eigenvalue weighted by molar-refractivity contribution is 8.00. The maximum atomic E-state index is 13.6. The molecule has 0 bridgehead atoms. The molecule has 0 saturated heterocycles. The van der Waals surface area contributed by atoms with Crippen molar-refractivity contribution in [3.05, 3.63) is 66.9 Å². The molecule has 8 heteroatoms. The molecule has 2 N–H and O–H groups in total. The topological polar surface area (TPSA) is 79.9 Å². The number of thioether (sulfide) groups is 1. The van der Waals surface area contributed by atoms with E-state index in [-0.39, 0.29) is 17.5 Å². The fourth-order valence-electron chi connectivity index (χ4n) is 2.93. The summed E-state index contributed by atoms with van der Waals surface area (Å²) in [6, 6.07) is 13.5. The Morgan fingerprint density at radius 3 is 2.90 bits per heavy atom. The molecule has 0 aliphatic heterocycles. The quantitative estimate of drug-likeness (QED) is 0.363. The lowest BCUT2D eigenvalue weighted by atomic mass is 10.1. The number of benzene rings is 2. The van der Waals surface area contributed by atoms with Crippen LogP contribution in [0.3, 0.4) is 0 Å². The summed E-state index contributed by atoms with van der Waals surface area (Å²) in [6.07, 6.45) is 3.22. The predicted octanol–water partition coefficient (Wildman–Crippen LogP) is 4.50. The largest absolute Gasteiger partial charge is 0.497 e. The lowest BCUT2D eigenvalue weighted by Crippen LogP contribution is -2.14. The van der Waals surface area contributed by atoms with Crippen LogP contribution < -0.4 is 10.1 Å². The van der Waals surface area contributed by atoms with Crippen LogP contribution in [-0.4, -0.2) is 33.7 Å². The molecule has 6 nitrogen and oxygen atoms in total. The normalized spacial score (nSPS) is 10.8. The van der Waals surface area contributed by atoms with Crippen molar-refractivity contribution in [2.24, 2.45) is 0 Å². The zero-order valence-corrected chi connectivity index (χ0v) is 16.3. The average molecular weight is 408 g/mol. The van der Waals surface area contributed by atoms with Gasteiger partial charge in [-0.15, -0.1) is 0 Å². The number of hydrogen-bond donors (Lipinski definition) is 2. The Balaban J connectivity index is 1.50. The molecule has 0 radical (unpaired) electrons. The number of carbonyl (C=O) groups is 1. The van der Waals surface area contributed by atoms with Crippen LogP contribution in [0.5, 0.6) is 5.75 Å². The van der Waals surface area contributed by atoms with Crippen molar-refractivity contribution in [3.8, 4) is 16.9 Å². The second-order valence-electron chi connectivity index (χ2n) is 6.18. The van der Waals surface area contributed by atoms with E-state index in [0.717, 1.165) is 11.1 Å². The third-order valence-corrected chi connectivity index (χ3v) is 5.25. The van der Waals surface area contributed by atoms with Crippen molar-refractivity contribution in [2.75, 3.05) is 18.2 Å². The minimum atomic E-state index is -0.310. The molecule has 0 saturated carbocycles. The van der Waals surface area contributed by atoms with E-state index in [0.29, 0.717) is 27.5 Å². The number of aromatic nitrogens is 3. The van der Waals surface area contributed by atoms with Gasteiger partial charge in [-0.3, -0.25) is 4.79 Å². The van der Waals surface area contributed by atoms with Gasteiger partial charge in [0.2, 0.25) is 5.91 Å². The SMILES string of the molecule is COc1cccc(NC(=O)CSc2ncnc3c(-c4cccc(F)c4)c[nH]c23)c1. The highest BCUT2D eigenvalue weighted by atomic mass is 32.2. The number of halogens is 1. The number of ether oxygens (including phenoxy) is 1. The van der Waals surface area contributed by atoms with Gasteiger partial charge in [0, 0.05) is 23.5 Å². The Hall–Kier alpha value is -3.39. The molecule has 2 aromatic heterocycles. The van der Waals surface area contributed by atoms with E-state index in [1.54, 1.807) is 31.5 Å². The highest BCUT2D eigenvalue weighted by Crippen LogP contribution is 2.31. The molecule has 1 amide bonds. The van der Waals surface area contributed by atoms with E-state index >= 15 is 0 Å². The molecule has 29 heavy (non-hydrogen) atoms. The number of H-pyrrole nitrogens is 1. The molecule has 0 spiro atoms. The number of aromatic amines is 1. The number of carbonyl (C=O) groups excluding carboxylic acids is 1. The van der Waals surface area contributed by atoms with Crippen LogP contribution in [0.25, 0.3) is 22.2 Å². The molecular formula is C21H17FN4O2S. The molecule has 0 aliphatic rings. The van der Waals surface area contributed by atoms with Gasteiger partial charge in [-0.2, -0.15) is 0 Å². The first-order valence-electron chi connectivity index (χ1n) is 8.79. The van der Waals surface area contributed by atoms with Crippen LogP contribution in [0.1, 0.15) is 0 Å². The van der Waals surface area contributed by atoms with Gasteiger partial charge in [-0.25, -0.2) is 14.4 Å². The van der Waals surface area contributed by atoms with Crippen molar-refractivity contribution in [1.29, 1.82) is 0 Å². The molecule has 0 unspecified atom stereocenters. The van der Waals surface area contributed by atoms with Gasteiger partial charge in [0.15, 0.2) is 0 Å². The van der Waals surface area contributed by atoms with Crippen molar-refractivity contribution >= 4 is 34.4 Å². The number of nitrogens with zero attached hydrogens (tertiary/aromatic N) is 2. The summed E-state index contributed by atoms with van der Waals surface area (Å²) in [5.41, 5.74) is 3.56. The van der Waals surface area contributed by atoms with Gasteiger partial charge < -0.3 is 15.0 Å². The number of anilines is 1. The maximum absolute atomic E-state index is 13.6. The fourth-order valence-corrected chi connectivity index (χ4v) is 3.70. The molecule has 0 atom stereocenters. The zero-order valence-electron chi connectivity index (χ0n) is 15.5. The summed E-state index contributed by atoms with van der Waals surface area (Å²) in [4.78, 5) is 24.1. The maximum Gasteiger partial charge on any atom is 0.234 e. The third kappa shape index (κ3) is 4.22. The molecule has 146 valence electrons. The molecule has 4 aromatic rings. The van der Waals surface area contributed by atoms with Gasteiger partial charge in [0.05, 0.1) is 18.4 Å². The number of fused-ring (bicyclic) bond motifs is 1. The van der Waals surface area contributed by atoms with Crippen molar-refractivity contribution < 1.29 is 13.9 Å². The number of nitrogens with one attached hydrogen (secondary N) is 2. The summed E-state index contributed by atoms with van der Waals surface area (Å²) >= 11 is 1.30. The standard InChI is InChI=1S/C21H17FN4O2S/c1-28-16-7-3-6-15(9-16)26-18(27)11-29-21-20-19(24-12-25-21)17(10-23-20)13-4-2-5-14(22)8-13/h2-10,12,23H,11H2,1H3,(H,26,27). The van der Waals surface area contributed by atoms with E-state index in [4.69, 9.17) is 4.74 Å². The minimum absolute atomic E-state index is 0.160. The second-order valence-corrected chi connectivity index (χ2v) is 7.15. The van der Waals surface area contributed by atoms with E-state index in [9.17, 15) is 9.18 Å². The Labute approximate surface area is 170 Å².